The van der Waals surface area contributed by atoms with Gasteiger partial charge in [-0.15, -0.1) is 11.3 Å². The lowest BCUT2D eigenvalue weighted by atomic mass is 10.1. The zero-order valence-electron chi connectivity index (χ0n) is 9.36. The maximum absolute atomic E-state index is 7.32. The summed E-state index contributed by atoms with van der Waals surface area (Å²) >= 11 is 1.80. The molecule has 3 N–H and O–H groups in total. The Morgan fingerprint density at radius 3 is 2.93 bits per heavy atom. The van der Waals surface area contributed by atoms with Crippen molar-refractivity contribution in [2.45, 2.75) is 13.3 Å². The molecule has 15 heavy (non-hydrogen) atoms. The van der Waals surface area contributed by atoms with Crippen LogP contribution in [-0.2, 0) is 6.42 Å². The minimum absolute atomic E-state index is 0.151. The number of thiophene rings is 1. The molecule has 1 aromatic heterocycles. The Bertz CT molecular complexity index is 295. The molecule has 1 rings (SSSR count). The summed E-state index contributed by atoms with van der Waals surface area (Å²) in [5.41, 5.74) is 5.43. The zero-order chi connectivity index (χ0) is 11.3. The molecular formula is C11H19N3S. The van der Waals surface area contributed by atoms with E-state index >= 15 is 0 Å². The molecule has 0 fully saturated rings. The molecule has 0 spiro atoms. The monoisotopic (exact) mass is 225 g/mol. The van der Waals surface area contributed by atoms with Crippen LogP contribution >= 0.6 is 11.3 Å². The molecule has 1 heterocycles. The highest BCUT2D eigenvalue weighted by atomic mass is 32.1. The quantitative estimate of drug-likeness (QED) is 0.573. The molecule has 0 saturated carbocycles. The van der Waals surface area contributed by atoms with Crippen LogP contribution in [0.4, 0.5) is 0 Å². The third-order valence-electron chi connectivity index (χ3n) is 2.44. The van der Waals surface area contributed by atoms with Crippen LogP contribution in [0, 0.1) is 11.3 Å². The van der Waals surface area contributed by atoms with Gasteiger partial charge in [0.05, 0.1) is 5.84 Å². The number of likely N-dealkylation sites (N-methyl/N-ethyl adjacent to an activating group) is 1. The average Bonchev–Trinajstić information content (AvgIpc) is 2.66. The van der Waals surface area contributed by atoms with Gasteiger partial charge in [-0.05, 0) is 24.9 Å². The Kier molecular flexibility index (Phi) is 4.78. The van der Waals surface area contributed by atoms with Crippen molar-refractivity contribution in [1.82, 2.24) is 4.90 Å². The normalized spacial score (nSPS) is 13.0. The van der Waals surface area contributed by atoms with E-state index in [0.717, 1.165) is 19.5 Å². The van der Waals surface area contributed by atoms with Gasteiger partial charge in [-0.25, -0.2) is 0 Å². The maximum atomic E-state index is 7.32. The summed E-state index contributed by atoms with van der Waals surface area (Å²) in [6, 6.07) is 4.24. The molecule has 1 atom stereocenters. The molecular weight excluding hydrogens is 206 g/mol. The molecule has 84 valence electrons. The molecule has 0 amide bonds. The fraction of sp³-hybridized carbons (Fsp3) is 0.545. The molecule has 0 saturated heterocycles. The second-order valence-corrected chi connectivity index (χ2v) is 4.98. The third-order valence-corrected chi connectivity index (χ3v) is 3.37. The van der Waals surface area contributed by atoms with Gasteiger partial charge in [0.15, 0.2) is 0 Å². The highest BCUT2D eigenvalue weighted by Gasteiger charge is 2.08. The van der Waals surface area contributed by atoms with E-state index in [-0.39, 0.29) is 11.8 Å². The van der Waals surface area contributed by atoms with Gasteiger partial charge >= 0.3 is 0 Å². The second kappa shape index (κ2) is 5.88. The number of rotatable bonds is 6. The van der Waals surface area contributed by atoms with Crippen molar-refractivity contribution >= 4 is 17.2 Å². The summed E-state index contributed by atoms with van der Waals surface area (Å²) in [5, 5.41) is 9.42. The first-order valence-corrected chi connectivity index (χ1v) is 6.02. The van der Waals surface area contributed by atoms with E-state index in [2.05, 4.69) is 29.5 Å². The van der Waals surface area contributed by atoms with E-state index in [9.17, 15) is 0 Å². The Hall–Kier alpha value is -0.870. The predicted octanol–water partition coefficient (Wildman–Crippen LogP) is 1.79. The minimum atomic E-state index is 0.151. The van der Waals surface area contributed by atoms with Crippen molar-refractivity contribution < 1.29 is 0 Å². The first-order valence-electron chi connectivity index (χ1n) is 5.14. The number of hydrogen-bond donors (Lipinski definition) is 2. The molecule has 0 aliphatic rings. The van der Waals surface area contributed by atoms with E-state index in [1.807, 2.05) is 6.92 Å². The molecule has 0 aliphatic carbocycles. The lowest BCUT2D eigenvalue weighted by Crippen LogP contribution is -2.33. The lowest BCUT2D eigenvalue weighted by molar-refractivity contribution is 0.318. The van der Waals surface area contributed by atoms with Crippen molar-refractivity contribution in [3.05, 3.63) is 22.4 Å². The molecule has 1 aromatic rings. The van der Waals surface area contributed by atoms with E-state index in [1.54, 1.807) is 11.3 Å². The Morgan fingerprint density at radius 1 is 1.67 bits per heavy atom. The summed E-state index contributed by atoms with van der Waals surface area (Å²) < 4.78 is 0. The molecule has 0 aliphatic heterocycles. The van der Waals surface area contributed by atoms with Crippen molar-refractivity contribution in [2.24, 2.45) is 11.7 Å². The third kappa shape index (κ3) is 4.44. The molecule has 0 radical (unpaired) electrons. The van der Waals surface area contributed by atoms with Gasteiger partial charge in [0.2, 0.25) is 0 Å². The molecule has 1 unspecified atom stereocenters. The van der Waals surface area contributed by atoms with E-state index in [0.29, 0.717) is 0 Å². The van der Waals surface area contributed by atoms with E-state index in [1.165, 1.54) is 4.88 Å². The van der Waals surface area contributed by atoms with Crippen LogP contribution in [0.5, 0.6) is 0 Å². The first kappa shape index (κ1) is 12.2. The molecule has 3 nitrogen and oxygen atoms in total. The number of nitrogens with one attached hydrogen (secondary N) is 1. The standard InChI is InChI=1S/C11H19N3S/c1-9(11(12)13)8-14(2)6-5-10-4-3-7-15-10/h3-4,7,9H,5-6,8H2,1-2H3,(H3,12,13). The van der Waals surface area contributed by atoms with Crippen LogP contribution in [0.1, 0.15) is 11.8 Å². The fourth-order valence-corrected chi connectivity index (χ4v) is 2.11. The lowest BCUT2D eigenvalue weighted by Gasteiger charge is -2.20. The van der Waals surface area contributed by atoms with Crippen LogP contribution in [0.25, 0.3) is 0 Å². The van der Waals surface area contributed by atoms with Crippen molar-refractivity contribution in [2.75, 3.05) is 20.1 Å². The van der Waals surface area contributed by atoms with Gasteiger partial charge in [-0.3, -0.25) is 5.41 Å². The summed E-state index contributed by atoms with van der Waals surface area (Å²) in [5.74, 6) is 0.427. The van der Waals surface area contributed by atoms with E-state index < -0.39 is 0 Å². The highest BCUT2D eigenvalue weighted by Crippen LogP contribution is 2.09. The molecule has 0 bridgehead atoms. The molecule has 4 heteroatoms. The maximum Gasteiger partial charge on any atom is 0.0947 e. The van der Waals surface area contributed by atoms with Gasteiger partial charge in [0.1, 0.15) is 0 Å². The average molecular weight is 225 g/mol. The SMILES string of the molecule is CC(CN(C)CCc1cccs1)C(=N)N. The second-order valence-electron chi connectivity index (χ2n) is 3.95. The zero-order valence-corrected chi connectivity index (χ0v) is 10.2. The van der Waals surface area contributed by atoms with Crippen LogP contribution in [0.3, 0.4) is 0 Å². The first-order chi connectivity index (χ1) is 7.09. The Morgan fingerprint density at radius 2 is 2.40 bits per heavy atom. The Labute approximate surface area is 95.4 Å². The summed E-state index contributed by atoms with van der Waals surface area (Å²) in [4.78, 5) is 3.64. The number of hydrogen-bond acceptors (Lipinski definition) is 3. The summed E-state index contributed by atoms with van der Waals surface area (Å²) in [6.45, 7) is 3.88. The minimum Gasteiger partial charge on any atom is -0.387 e. The number of nitrogens with zero attached hydrogens (tertiary/aromatic N) is 1. The highest BCUT2D eigenvalue weighted by molar-refractivity contribution is 7.09. The largest absolute Gasteiger partial charge is 0.387 e. The topological polar surface area (TPSA) is 53.1 Å². The van der Waals surface area contributed by atoms with Crippen LogP contribution < -0.4 is 5.73 Å². The van der Waals surface area contributed by atoms with Crippen LogP contribution in [0.15, 0.2) is 17.5 Å². The van der Waals surface area contributed by atoms with Gasteiger partial charge in [0.25, 0.3) is 0 Å². The number of amidine groups is 1. The summed E-state index contributed by atoms with van der Waals surface area (Å²) in [6.07, 6.45) is 1.08. The van der Waals surface area contributed by atoms with Crippen molar-refractivity contribution in [3.63, 3.8) is 0 Å². The fourth-order valence-electron chi connectivity index (χ4n) is 1.41. The molecule has 0 aromatic carbocycles. The number of nitrogens with two attached hydrogens (primary N) is 1. The van der Waals surface area contributed by atoms with Gasteiger partial charge in [-0.2, -0.15) is 0 Å². The summed E-state index contributed by atoms with van der Waals surface area (Å²) in [7, 11) is 2.08. The van der Waals surface area contributed by atoms with Crippen molar-refractivity contribution in [1.29, 1.82) is 5.41 Å². The van der Waals surface area contributed by atoms with Crippen LogP contribution in [-0.4, -0.2) is 30.9 Å². The van der Waals surface area contributed by atoms with Gasteiger partial charge in [-0.1, -0.05) is 13.0 Å². The van der Waals surface area contributed by atoms with Crippen molar-refractivity contribution in [3.8, 4) is 0 Å². The van der Waals surface area contributed by atoms with E-state index in [4.69, 9.17) is 11.1 Å². The Balaban J connectivity index is 2.24. The predicted molar refractivity (Wildman–Crippen MR) is 66.6 cm³/mol. The van der Waals surface area contributed by atoms with Gasteiger partial charge in [0, 0.05) is 23.9 Å². The van der Waals surface area contributed by atoms with Crippen LogP contribution in [0.2, 0.25) is 0 Å². The smallest absolute Gasteiger partial charge is 0.0947 e. The van der Waals surface area contributed by atoms with Gasteiger partial charge < -0.3 is 10.6 Å².